The highest BCUT2D eigenvalue weighted by atomic mass is 16.1. The van der Waals surface area contributed by atoms with Gasteiger partial charge in [0.15, 0.2) is 5.82 Å². The monoisotopic (exact) mass is 375 g/mol. The maximum atomic E-state index is 12.8. The fourth-order valence-corrected chi connectivity index (χ4v) is 2.75. The highest BCUT2D eigenvalue weighted by Crippen LogP contribution is 2.23. The first-order valence-corrected chi connectivity index (χ1v) is 9.29. The average Bonchev–Trinajstić information content (AvgIpc) is 2.71. The lowest BCUT2D eigenvalue weighted by Crippen LogP contribution is -2.31. The van der Waals surface area contributed by atoms with Crippen LogP contribution in [0.5, 0.6) is 0 Å². The summed E-state index contributed by atoms with van der Waals surface area (Å²) in [6.45, 7) is 6.56. The molecular weight excluding hydrogens is 350 g/mol. The molecule has 144 valence electrons. The molecule has 3 aromatic rings. The number of hydrogen-bond acceptors (Lipinski definition) is 5. The molecule has 0 bridgehead atoms. The SMILES string of the molecule is Cc1cccc(-c2ncc(C(=O)NCc3cccnc3)c(N(C)C(C)C)n2)c1. The Morgan fingerprint density at radius 3 is 2.68 bits per heavy atom. The number of aryl methyl sites for hydroxylation is 1. The second-order valence-electron chi connectivity index (χ2n) is 7.05. The van der Waals surface area contributed by atoms with E-state index in [0.717, 1.165) is 16.7 Å². The molecule has 1 aromatic carbocycles. The quantitative estimate of drug-likeness (QED) is 0.712. The molecule has 0 saturated heterocycles. The van der Waals surface area contributed by atoms with Crippen LogP contribution in [0.25, 0.3) is 11.4 Å². The van der Waals surface area contributed by atoms with Gasteiger partial charge < -0.3 is 10.2 Å². The van der Waals surface area contributed by atoms with E-state index in [4.69, 9.17) is 4.98 Å². The van der Waals surface area contributed by atoms with Gasteiger partial charge in [0.1, 0.15) is 11.4 Å². The summed E-state index contributed by atoms with van der Waals surface area (Å²) in [6, 6.07) is 12.0. The fourth-order valence-electron chi connectivity index (χ4n) is 2.75. The van der Waals surface area contributed by atoms with E-state index >= 15 is 0 Å². The highest BCUT2D eigenvalue weighted by molar-refractivity contribution is 5.98. The minimum atomic E-state index is -0.206. The van der Waals surface area contributed by atoms with E-state index in [1.807, 2.05) is 55.3 Å². The number of nitrogens with zero attached hydrogens (tertiary/aromatic N) is 4. The topological polar surface area (TPSA) is 71.0 Å². The molecule has 2 aromatic heterocycles. The van der Waals surface area contributed by atoms with E-state index in [0.29, 0.717) is 23.8 Å². The number of aromatic nitrogens is 3. The number of carbonyl (C=O) groups is 1. The number of hydrogen-bond donors (Lipinski definition) is 1. The molecule has 3 rings (SSSR count). The van der Waals surface area contributed by atoms with Gasteiger partial charge >= 0.3 is 0 Å². The van der Waals surface area contributed by atoms with Crippen molar-refractivity contribution >= 4 is 11.7 Å². The summed E-state index contributed by atoms with van der Waals surface area (Å²) < 4.78 is 0. The number of anilines is 1. The Kier molecular flexibility index (Phi) is 5.99. The standard InChI is InChI=1S/C22H25N5O/c1-15(2)27(4)21-19(22(28)25-13-17-8-6-10-23-12-17)14-24-20(26-21)18-9-5-7-16(3)11-18/h5-12,14-15H,13H2,1-4H3,(H,25,28). The van der Waals surface area contributed by atoms with Crippen molar-refractivity contribution in [1.82, 2.24) is 20.3 Å². The number of nitrogens with one attached hydrogen (secondary N) is 1. The van der Waals surface area contributed by atoms with Crippen LogP contribution in [-0.2, 0) is 6.54 Å². The Bertz CT molecular complexity index is 956. The van der Waals surface area contributed by atoms with Gasteiger partial charge in [-0.15, -0.1) is 0 Å². The van der Waals surface area contributed by atoms with Crippen molar-refractivity contribution in [3.05, 3.63) is 71.7 Å². The van der Waals surface area contributed by atoms with Crippen molar-refractivity contribution in [3.63, 3.8) is 0 Å². The van der Waals surface area contributed by atoms with Crippen LogP contribution >= 0.6 is 0 Å². The van der Waals surface area contributed by atoms with Gasteiger partial charge in [-0.1, -0.05) is 29.8 Å². The van der Waals surface area contributed by atoms with Crippen molar-refractivity contribution in [2.45, 2.75) is 33.4 Å². The summed E-state index contributed by atoms with van der Waals surface area (Å²) in [5.74, 6) is 1.02. The van der Waals surface area contributed by atoms with Crippen LogP contribution in [0.2, 0.25) is 0 Å². The van der Waals surface area contributed by atoms with E-state index in [2.05, 4.69) is 29.1 Å². The number of benzene rings is 1. The van der Waals surface area contributed by atoms with E-state index in [1.54, 1.807) is 18.6 Å². The molecule has 1 amide bonds. The normalized spacial score (nSPS) is 10.8. The zero-order valence-electron chi connectivity index (χ0n) is 16.7. The van der Waals surface area contributed by atoms with E-state index in [1.165, 1.54) is 0 Å². The van der Waals surface area contributed by atoms with Crippen LogP contribution in [0.15, 0.2) is 55.0 Å². The Labute approximate surface area is 165 Å². The lowest BCUT2D eigenvalue weighted by Gasteiger charge is -2.25. The first-order valence-electron chi connectivity index (χ1n) is 9.29. The van der Waals surface area contributed by atoms with Crippen LogP contribution < -0.4 is 10.2 Å². The first kappa shape index (κ1) is 19.5. The number of amides is 1. The molecule has 0 radical (unpaired) electrons. The summed E-state index contributed by atoms with van der Waals surface area (Å²) >= 11 is 0. The van der Waals surface area contributed by atoms with Gasteiger partial charge in [0.2, 0.25) is 0 Å². The molecule has 0 spiro atoms. The molecule has 6 nitrogen and oxygen atoms in total. The third-order valence-electron chi connectivity index (χ3n) is 4.57. The molecule has 0 unspecified atom stereocenters. The summed E-state index contributed by atoms with van der Waals surface area (Å²) in [5.41, 5.74) is 3.46. The third kappa shape index (κ3) is 4.52. The van der Waals surface area contributed by atoms with Gasteiger partial charge in [-0.05, 0) is 38.5 Å². The summed E-state index contributed by atoms with van der Waals surface area (Å²) in [4.78, 5) is 28.1. The Balaban J connectivity index is 1.92. The van der Waals surface area contributed by atoms with Crippen molar-refractivity contribution in [2.24, 2.45) is 0 Å². The minimum Gasteiger partial charge on any atom is -0.356 e. The van der Waals surface area contributed by atoms with E-state index < -0.39 is 0 Å². The van der Waals surface area contributed by atoms with Gasteiger partial charge in [-0.3, -0.25) is 9.78 Å². The van der Waals surface area contributed by atoms with Gasteiger partial charge in [-0.25, -0.2) is 9.97 Å². The highest BCUT2D eigenvalue weighted by Gasteiger charge is 2.20. The minimum absolute atomic E-state index is 0.185. The maximum Gasteiger partial charge on any atom is 0.256 e. The zero-order chi connectivity index (χ0) is 20.1. The van der Waals surface area contributed by atoms with Crippen LogP contribution in [0.1, 0.15) is 35.3 Å². The lowest BCUT2D eigenvalue weighted by atomic mass is 10.1. The summed E-state index contributed by atoms with van der Waals surface area (Å²) in [5, 5.41) is 2.93. The van der Waals surface area contributed by atoms with Crippen LogP contribution in [0.4, 0.5) is 5.82 Å². The first-order chi connectivity index (χ1) is 13.5. The van der Waals surface area contributed by atoms with Gasteiger partial charge in [0.05, 0.1) is 0 Å². The van der Waals surface area contributed by atoms with Crippen molar-refractivity contribution in [1.29, 1.82) is 0 Å². The molecule has 6 heteroatoms. The molecule has 0 aliphatic rings. The average molecular weight is 375 g/mol. The molecular formula is C22H25N5O. The van der Waals surface area contributed by atoms with Gasteiger partial charge in [0, 0.05) is 43.8 Å². The van der Waals surface area contributed by atoms with Crippen LogP contribution in [0, 0.1) is 6.92 Å². The molecule has 0 atom stereocenters. The van der Waals surface area contributed by atoms with E-state index in [-0.39, 0.29) is 11.9 Å². The largest absolute Gasteiger partial charge is 0.356 e. The van der Waals surface area contributed by atoms with Crippen molar-refractivity contribution in [3.8, 4) is 11.4 Å². The molecule has 2 heterocycles. The predicted molar refractivity (Wildman–Crippen MR) is 111 cm³/mol. The van der Waals surface area contributed by atoms with Gasteiger partial charge in [-0.2, -0.15) is 0 Å². The molecule has 0 fully saturated rings. The van der Waals surface area contributed by atoms with E-state index in [9.17, 15) is 4.79 Å². The fraction of sp³-hybridized carbons (Fsp3) is 0.273. The number of carbonyl (C=O) groups excluding carboxylic acids is 1. The van der Waals surface area contributed by atoms with Crippen molar-refractivity contribution < 1.29 is 4.79 Å². The Morgan fingerprint density at radius 2 is 2.00 bits per heavy atom. The molecule has 0 saturated carbocycles. The second-order valence-corrected chi connectivity index (χ2v) is 7.05. The summed E-state index contributed by atoms with van der Waals surface area (Å²) in [6.07, 6.45) is 5.05. The number of rotatable bonds is 6. The molecule has 0 aliphatic carbocycles. The van der Waals surface area contributed by atoms with Crippen LogP contribution in [-0.4, -0.2) is 33.9 Å². The van der Waals surface area contributed by atoms with Crippen LogP contribution in [0.3, 0.4) is 0 Å². The molecule has 1 N–H and O–H groups in total. The Hall–Kier alpha value is -3.28. The third-order valence-corrected chi connectivity index (χ3v) is 4.57. The zero-order valence-corrected chi connectivity index (χ0v) is 16.7. The van der Waals surface area contributed by atoms with Gasteiger partial charge in [0.25, 0.3) is 5.91 Å². The maximum absolute atomic E-state index is 12.8. The smallest absolute Gasteiger partial charge is 0.256 e. The molecule has 28 heavy (non-hydrogen) atoms. The lowest BCUT2D eigenvalue weighted by molar-refractivity contribution is 0.0950. The Morgan fingerprint density at radius 1 is 1.18 bits per heavy atom. The predicted octanol–water partition coefficient (Wildman–Crippen LogP) is 3.62. The van der Waals surface area contributed by atoms with Crippen molar-refractivity contribution in [2.75, 3.05) is 11.9 Å². The number of pyridine rings is 1. The molecule has 0 aliphatic heterocycles. The second kappa shape index (κ2) is 8.61. The summed E-state index contributed by atoms with van der Waals surface area (Å²) in [7, 11) is 1.94.